The van der Waals surface area contributed by atoms with Crippen molar-refractivity contribution < 1.29 is 24.2 Å². The monoisotopic (exact) mass is 500 g/mol. The van der Waals surface area contributed by atoms with Gasteiger partial charge in [-0.05, 0) is 55.3 Å². The highest BCUT2D eigenvalue weighted by Crippen LogP contribution is 2.44. The van der Waals surface area contributed by atoms with E-state index in [1.54, 1.807) is 30.3 Å². The van der Waals surface area contributed by atoms with Crippen LogP contribution >= 0.6 is 0 Å². The van der Waals surface area contributed by atoms with Gasteiger partial charge in [0.25, 0.3) is 11.7 Å². The minimum atomic E-state index is -0.845. The van der Waals surface area contributed by atoms with E-state index in [1.165, 1.54) is 12.0 Å². The van der Waals surface area contributed by atoms with E-state index in [4.69, 9.17) is 9.47 Å². The van der Waals surface area contributed by atoms with E-state index >= 15 is 0 Å². The van der Waals surface area contributed by atoms with Gasteiger partial charge in [-0.3, -0.25) is 14.5 Å². The maximum Gasteiger partial charge on any atom is 0.300 e. The number of Topliss-reactive ketones (excluding diaryl/α,β-unsaturated/α-hetero) is 1. The zero-order valence-corrected chi connectivity index (χ0v) is 21.8. The molecular formula is C30H32N2O5. The highest BCUT2D eigenvalue weighted by molar-refractivity contribution is 6.51. The zero-order valence-electron chi connectivity index (χ0n) is 21.8. The molecule has 7 heteroatoms. The normalized spacial score (nSPS) is 16.7. The summed E-state index contributed by atoms with van der Waals surface area (Å²) in [5.74, 6) is -0.749. The summed E-state index contributed by atoms with van der Waals surface area (Å²) in [7, 11) is 5.37. The number of ketones is 1. The van der Waals surface area contributed by atoms with Crippen molar-refractivity contribution >= 4 is 28.8 Å². The molecule has 0 spiro atoms. The third-order valence-corrected chi connectivity index (χ3v) is 6.35. The number of anilines is 2. The lowest BCUT2D eigenvalue weighted by atomic mass is 9.94. The van der Waals surface area contributed by atoms with Gasteiger partial charge >= 0.3 is 0 Å². The number of aliphatic hydroxyl groups excluding tert-OH is 1. The molecule has 1 N–H and O–H groups in total. The third kappa shape index (κ3) is 5.03. The van der Waals surface area contributed by atoms with Crippen LogP contribution < -0.4 is 19.3 Å². The van der Waals surface area contributed by atoms with Crippen LogP contribution in [-0.2, 0) is 9.59 Å². The van der Waals surface area contributed by atoms with E-state index in [0.717, 1.165) is 17.7 Å². The molecule has 7 nitrogen and oxygen atoms in total. The fraction of sp³-hybridized carbons (Fsp3) is 0.267. The highest BCUT2D eigenvalue weighted by atomic mass is 16.5. The first-order valence-corrected chi connectivity index (χ1v) is 12.2. The van der Waals surface area contributed by atoms with Crippen molar-refractivity contribution in [1.82, 2.24) is 0 Å². The van der Waals surface area contributed by atoms with E-state index < -0.39 is 17.7 Å². The largest absolute Gasteiger partial charge is 0.507 e. The van der Waals surface area contributed by atoms with Crippen molar-refractivity contribution in [2.24, 2.45) is 0 Å². The van der Waals surface area contributed by atoms with Gasteiger partial charge in [0, 0.05) is 31.5 Å². The molecule has 1 fully saturated rings. The second-order valence-corrected chi connectivity index (χ2v) is 9.20. The molecule has 3 aromatic carbocycles. The summed E-state index contributed by atoms with van der Waals surface area (Å²) in [6.45, 7) is 4.43. The number of carbonyl (C=O) groups is 2. The summed E-state index contributed by atoms with van der Waals surface area (Å²) in [6, 6.07) is 19.2. The molecule has 0 bridgehead atoms. The Kier molecular flexibility index (Phi) is 7.53. The number of nitrogens with zero attached hydrogens (tertiary/aromatic N) is 2. The molecule has 3 aromatic rings. The van der Waals surface area contributed by atoms with E-state index in [0.29, 0.717) is 34.9 Å². The van der Waals surface area contributed by atoms with Gasteiger partial charge in [0.2, 0.25) is 0 Å². The minimum absolute atomic E-state index is 0.00591. The van der Waals surface area contributed by atoms with Crippen molar-refractivity contribution in [2.45, 2.75) is 26.3 Å². The number of benzene rings is 3. The molecule has 4 rings (SSSR count). The van der Waals surface area contributed by atoms with Gasteiger partial charge in [0.05, 0.1) is 30.9 Å². The van der Waals surface area contributed by atoms with Crippen LogP contribution in [0.15, 0.2) is 72.3 Å². The number of aliphatic hydroxyl groups is 1. The molecule has 0 aromatic heterocycles. The molecule has 1 heterocycles. The Morgan fingerprint density at radius 1 is 1.03 bits per heavy atom. The first kappa shape index (κ1) is 25.8. The Morgan fingerprint density at radius 2 is 1.76 bits per heavy atom. The topological polar surface area (TPSA) is 79.3 Å². The highest BCUT2D eigenvalue weighted by Gasteiger charge is 2.47. The summed E-state index contributed by atoms with van der Waals surface area (Å²) >= 11 is 0. The van der Waals surface area contributed by atoms with Crippen LogP contribution in [0.5, 0.6) is 11.5 Å². The van der Waals surface area contributed by atoms with Gasteiger partial charge in [-0.25, -0.2) is 0 Å². The lowest BCUT2D eigenvalue weighted by molar-refractivity contribution is -0.132. The van der Waals surface area contributed by atoms with Crippen LogP contribution in [-0.4, -0.2) is 44.6 Å². The lowest BCUT2D eigenvalue weighted by Gasteiger charge is -2.26. The number of methoxy groups -OCH3 is 1. The summed E-state index contributed by atoms with van der Waals surface area (Å²) < 4.78 is 11.2. The van der Waals surface area contributed by atoms with E-state index in [1.807, 2.05) is 69.2 Å². The predicted molar refractivity (Wildman–Crippen MR) is 146 cm³/mol. The van der Waals surface area contributed by atoms with Crippen molar-refractivity contribution in [3.05, 3.63) is 89.0 Å². The van der Waals surface area contributed by atoms with Gasteiger partial charge in [-0.2, -0.15) is 0 Å². The van der Waals surface area contributed by atoms with Crippen molar-refractivity contribution in [1.29, 1.82) is 0 Å². The van der Waals surface area contributed by atoms with E-state index in [-0.39, 0.29) is 11.3 Å². The van der Waals surface area contributed by atoms with E-state index in [9.17, 15) is 14.7 Å². The number of rotatable bonds is 8. The van der Waals surface area contributed by atoms with Crippen LogP contribution in [0.2, 0.25) is 0 Å². The van der Waals surface area contributed by atoms with Gasteiger partial charge in [-0.15, -0.1) is 0 Å². The number of aryl methyl sites for hydroxylation is 1. The quantitative estimate of drug-likeness (QED) is 0.251. The fourth-order valence-corrected chi connectivity index (χ4v) is 4.46. The second kappa shape index (κ2) is 10.8. The first-order chi connectivity index (χ1) is 17.8. The molecule has 0 saturated carbocycles. The standard InChI is InChI=1S/C30H32N2O5/c1-6-16-37-23-9-7-8-22(18-23)32-27(20-11-13-21(14-12-20)31(3)4)26(29(34)30(32)35)28(33)24-17-19(2)10-15-25(24)36-5/h7-15,17-18,27,33H,6,16H2,1-5H3/b28-26+. The SMILES string of the molecule is CCCOc1cccc(N2C(=O)C(=O)/C(=C(/O)c3cc(C)ccc3OC)C2c2ccc(N(C)C)cc2)c1. The maximum absolute atomic E-state index is 13.5. The predicted octanol–water partition coefficient (Wildman–Crippen LogP) is 5.48. The smallest absolute Gasteiger partial charge is 0.300 e. The number of ether oxygens (including phenoxy) is 2. The lowest BCUT2D eigenvalue weighted by Crippen LogP contribution is -2.29. The minimum Gasteiger partial charge on any atom is -0.507 e. The molecule has 1 amide bonds. The molecule has 1 saturated heterocycles. The average Bonchev–Trinajstić information content (AvgIpc) is 3.17. The Morgan fingerprint density at radius 3 is 2.41 bits per heavy atom. The number of hydrogen-bond acceptors (Lipinski definition) is 6. The number of amides is 1. The van der Waals surface area contributed by atoms with Gasteiger partial charge in [-0.1, -0.05) is 36.8 Å². The molecule has 1 aliphatic rings. The van der Waals surface area contributed by atoms with Crippen LogP contribution in [0.4, 0.5) is 11.4 Å². The Balaban J connectivity index is 1.93. The van der Waals surface area contributed by atoms with Crippen molar-refractivity contribution in [2.75, 3.05) is 37.6 Å². The summed E-state index contributed by atoms with van der Waals surface area (Å²) in [5.41, 5.74) is 3.41. The molecule has 37 heavy (non-hydrogen) atoms. The van der Waals surface area contributed by atoms with Crippen LogP contribution in [0.1, 0.15) is 36.1 Å². The summed E-state index contributed by atoms with van der Waals surface area (Å²) in [4.78, 5) is 30.4. The van der Waals surface area contributed by atoms with Gasteiger partial charge < -0.3 is 19.5 Å². The molecule has 0 radical (unpaired) electrons. The zero-order chi connectivity index (χ0) is 26.7. The van der Waals surface area contributed by atoms with Crippen LogP contribution in [0.3, 0.4) is 0 Å². The Hall–Kier alpha value is -4.26. The first-order valence-electron chi connectivity index (χ1n) is 12.2. The van der Waals surface area contributed by atoms with Crippen LogP contribution in [0.25, 0.3) is 5.76 Å². The summed E-state index contributed by atoms with van der Waals surface area (Å²) in [6.07, 6.45) is 0.839. The molecular weight excluding hydrogens is 468 g/mol. The van der Waals surface area contributed by atoms with Crippen molar-refractivity contribution in [3.63, 3.8) is 0 Å². The molecule has 192 valence electrons. The number of hydrogen-bond donors (Lipinski definition) is 1. The maximum atomic E-state index is 13.5. The fourth-order valence-electron chi connectivity index (χ4n) is 4.46. The second-order valence-electron chi connectivity index (χ2n) is 9.20. The molecule has 1 unspecified atom stereocenters. The van der Waals surface area contributed by atoms with E-state index in [2.05, 4.69) is 0 Å². The summed E-state index contributed by atoms with van der Waals surface area (Å²) in [5, 5.41) is 11.5. The Bertz CT molecular complexity index is 1340. The third-order valence-electron chi connectivity index (χ3n) is 6.35. The van der Waals surface area contributed by atoms with Crippen LogP contribution in [0, 0.1) is 6.92 Å². The average molecular weight is 501 g/mol. The molecule has 1 atom stereocenters. The van der Waals surface area contributed by atoms with Gasteiger partial charge in [0.15, 0.2) is 0 Å². The van der Waals surface area contributed by atoms with Gasteiger partial charge in [0.1, 0.15) is 17.3 Å². The molecule has 0 aliphatic carbocycles. The molecule has 1 aliphatic heterocycles. The van der Waals surface area contributed by atoms with Crippen molar-refractivity contribution in [3.8, 4) is 11.5 Å². The Labute approximate surface area is 217 Å². The number of carbonyl (C=O) groups excluding carboxylic acids is 2.